The van der Waals surface area contributed by atoms with E-state index in [1.54, 1.807) is 6.07 Å². The zero-order chi connectivity index (χ0) is 21.6. The van der Waals surface area contributed by atoms with Gasteiger partial charge >= 0.3 is 0 Å². The van der Waals surface area contributed by atoms with Crippen LogP contribution < -0.4 is 10.2 Å². The number of nitrogens with one attached hydrogen (secondary N) is 1. The van der Waals surface area contributed by atoms with E-state index in [2.05, 4.69) is 34.0 Å². The Balaban J connectivity index is 1.99. The topological polar surface area (TPSA) is 78.4 Å². The predicted molar refractivity (Wildman–Crippen MR) is 119 cm³/mol. The number of anilines is 1. The Morgan fingerprint density at radius 3 is 2.66 bits per heavy atom. The highest BCUT2D eigenvalue weighted by Crippen LogP contribution is 2.24. The number of unbranched alkanes of at least 4 members (excludes halogenated alkanes) is 1. The molecule has 0 saturated carbocycles. The van der Waals surface area contributed by atoms with Crippen molar-refractivity contribution >= 4 is 41.0 Å². The van der Waals surface area contributed by atoms with Crippen LogP contribution in [0.2, 0.25) is 5.15 Å². The van der Waals surface area contributed by atoms with Crippen LogP contribution in [0.15, 0.2) is 11.2 Å². The van der Waals surface area contributed by atoms with Crippen LogP contribution in [-0.2, 0) is 9.59 Å². The normalized spacial score (nSPS) is 17.4. The van der Waals surface area contributed by atoms with Gasteiger partial charge in [-0.05, 0) is 34.1 Å². The summed E-state index contributed by atoms with van der Waals surface area (Å²) in [5.74, 6) is 1.12. The molecule has 1 atom stereocenters. The Kier molecular flexibility index (Phi) is 8.58. The SMILES string of the molecule is CCCCC(=O)N1CCN(c2cc(Cl)nc(SCC(=O)NC(C)(C)C)n2)CC1C. The number of carbonyl (C=O) groups excluding carboxylic acids is 2. The molecule has 1 aliphatic heterocycles. The Hall–Kier alpha value is -1.54. The Morgan fingerprint density at radius 1 is 1.31 bits per heavy atom. The van der Waals surface area contributed by atoms with E-state index in [1.807, 2.05) is 25.7 Å². The second-order valence-electron chi connectivity index (χ2n) is 8.40. The van der Waals surface area contributed by atoms with E-state index in [9.17, 15) is 9.59 Å². The molecule has 1 aliphatic rings. The summed E-state index contributed by atoms with van der Waals surface area (Å²) in [6.45, 7) is 12.0. The molecule has 2 rings (SSSR count). The van der Waals surface area contributed by atoms with Crippen molar-refractivity contribution in [1.29, 1.82) is 0 Å². The molecule has 1 saturated heterocycles. The number of thioether (sulfide) groups is 1. The highest BCUT2D eigenvalue weighted by atomic mass is 35.5. The van der Waals surface area contributed by atoms with Crippen molar-refractivity contribution in [3.63, 3.8) is 0 Å². The predicted octanol–water partition coefficient (Wildman–Crippen LogP) is 3.36. The summed E-state index contributed by atoms with van der Waals surface area (Å²) in [5, 5.41) is 3.75. The molecule has 0 spiro atoms. The van der Waals surface area contributed by atoms with E-state index in [-0.39, 0.29) is 29.1 Å². The van der Waals surface area contributed by atoms with Gasteiger partial charge in [0.15, 0.2) is 5.16 Å². The van der Waals surface area contributed by atoms with Crippen LogP contribution in [0.4, 0.5) is 5.82 Å². The maximum atomic E-state index is 12.4. The highest BCUT2D eigenvalue weighted by Gasteiger charge is 2.28. The van der Waals surface area contributed by atoms with Gasteiger partial charge < -0.3 is 15.1 Å². The van der Waals surface area contributed by atoms with Gasteiger partial charge in [0.1, 0.15) is 11.0 Å². The van der Waals surface area contributed by atoms with E-state index in [4.69, 9.17) is 11.6 Å². The first-order chi connectivity index (χ1) is 13.6. The van der Waals surface area contributed by atoms with Gasteiger partial charge in [-0.2, -0.15) is 0 Å². The Morgan fingerprint density at radius 2 is 2.03 bits per heavy atom. The standard InChI is InChI=1S/C20H32ClN5O2S/c1-6-7-8-18(28)26-10-9-25(12-14(26)2)16-11-15(21)22-19(23-16)29-13-17(27)24-20(3,4)5/h11,14H,6-10,12-13H2,1-5H3,(H,24,27). The number of rotatable bonds is 7. The summed E-state index contributed by atoms with van der Waals surface area (Å²) in [6, 6.07) is 1.85. The van der Waals surface area contributed by atoms with Crippen LogP contribution in [0.5, 0.6) is 0 Å². The number of halogens is 1. The lowest BCUT2D eigenvalue weighted by atomic mass is 10.1. The van der Waals surface area contributed by atoms with Crippen LogP contribution in [0.3, 0.4) is 0 Å². The molecule has 1 aromatic heterocycles. The first-order valence-corrected chi connectivity index (χ1v) is 11.5. The molecule has 0 aromatic carbocycles. The van der Waals surface area contributed by atoms with Crippen LogP contribution in [0.25, 0.3) is 0 Å². The summed E-state index contributed by atoms with van der Waals surface area (Å²) in [5.41, 5.74) is -0.275. The van der Waals surface area contributed by atoms with Gasteiger partial charge in [0.05, 0.1) is 5.75 Å². The largest absolute Gasteiger partial charge is 0.353 e. The molecular weight excluding hydrogens is 410 g/mol. The molecule has 2 heterocycles. The van der Waals surface area contributed by atoms with Crippen LogP contribution in [-0.4, -0.2) is 63.7 Å². The maximum absolute atomic E-state index is 12.4. The van der Waals surface area contributed by atoms with Crippen molar-refractivity contribution in [3.05, 3.63) is 11.2 Å². The molecule has 29 heavy (non-hydrogen) atoms. The number of amides is 2. The summed E-state index contributed by atoms with van der Waals surface area (Å²) in [6.07, 6.45) is 2.56. The fourth-order valence-corrected chi connectivity index (χ4v) is 4.09. The van der Waals surface area contributed by atoms with Crippen molar-refractivity contribution in [2.45, 2.75) is 70.6 Å². The maximum Gasteiger partial charge on any atom is 0.230 e. The van der Waals surface area contributed by atoms with Crippen molar-refractivity contribution in [2.75, 3.05) is 30.3 Å². The molecule has 1 N–H and O–H groups in total. The minimum Gasteiger partial charge on any atom is -0.353 e. The first kappa shape index (κ1) is 23.7. The van der Waals surface area contributed by atoms with Crippen molar-refractivity contribution in [2.24, 2.45) is 0 Å². The minimum atomic E-state index is -0.275. The Bertz CT molecular complexity index is 725. The second-order valence-corrected chi connectivity index (χ2v) is 9.73. The highest BCUT2D eigenvalue weighted by molar-refractivity contribution is 7.99. The molecule has 1 aromatic rings. The molecule has 2 amide bonds. The molecule has 0 aliphatic carbocycles. The average molecular weight is 442 g/mol. The molecule has 1 unspecified atom stereocenters. The van der Waals surface area contributed by atoms with Gasteiger partial charge in [0.25, 0.3) is 0 Å². The average Bonchev–Trinajstić information content (AvgIpc) is 2.62. The van der Waals surface area contributed by atoms with E-state index < -0.39 is 0 Å². The summed E-state index contributed by atoms with van der Waals surface area (Å²) in [4.78, 5) is 37.4. The fourth-order valence-electron chi connectivity index (χ4n) is 3.20. The zero-order valence-corrected chi connectivity index (χ0v) is 19.6. The fraction of sp³-hybridized carbons (Fsp3) is 0.700. The Labute approximate surface area is 183 Å². The lowest BCUT2D eigenvalue weighted by Gasteiger charge is -2.40. The zero-order valence-electron chi connectivity index (χ0n) is 18.0. The molecule has 162 valence electrons. The summed E-state index contributed by atoms with van der Waals surface area (Å²) in [7, 11) is 0. The van der Waals surface area contributed by atoms with Crippen molar-refractivity contribution in [3.8, 4) is 0 Å². The number of hydrogen-bond acceptors (Lipinski definition) is 6. The third-order valence-electron chi connectivity index (χ3n) is 4.52. The molecule has 1 fully saturated rings. The van der Waals surface area contributed by atoms with E-state index in [1.165, 1.54) is 11.8 Å². The van der Waals surface area contributed by atoms with Crippen molar-refractivity contribution < 1.29 is 9.59 Å². The quantitative estimate of drug-likeness (QED) is 0.397. The van der Waals surface area contributed by atoms with Gasteiger partial charge in [-0.3, -0.25) is 9.59 Å². The minimum absolute atomic E-state index is 0.0690. The molecule has 0 bridgehead atoms. The van der Waals surface area contributed by atoms with Gasteiger partial charge in [-0.1, -0.05) is 36.7 Å². The third kappa shape index (κ3) is 7.66. The number of nitrogens with zero attached hydrogens (tertiary/aromatic N) is 4. The van der Waals surface area contributed by atoms with Gasteiger partial charge in [-0.15, -0.1) is 0 Å². The summed E-state index contributed by atoms with van der Waals surface area (Å²) < 4.78 is 0. The van der Waals surface area contributed by atoms with Crippen LogP contribution >= 0.6 is 23.4 Å². The smallest absolute Gasteiger partial charge is 0.230 e. The van der Waals surface area contributed by atoms with Crippen molar-refractivity contribution in [1.82, 2.24) is 20.2 Å². The lowest BCUT2D eigenvalue weighted by molar-refractivity contribution is -0.133. The van der Waals surface area contributed by atoms with Gasteiger partial charge in [0, 0.05) is 43.7 Å². The van der Waals surface area contributed by atoms with E-state index in [0.717, 1.165) is 18.7 Å². The molecule has 0 radical (unpaired) electrons. The first-order valence-electron chi connectivity index (χ1n) is 10.1. The molecule has 9 heteroatoms. The van der Waals surface area contributed by atoms with E-state index >= 15 is 0 Å². The number of aromatic nitrogens is 2. The third-order valence-corrected chi connectivity index (χ3v) is 5.56. The van der Waals surface area contributed by atoms with Gasteiger partial charge in [0.2, 0.25) is 11.8 Å². The lowest BCUT2D eigenvalue weighted by Crippen LogP contribution is -2.54. The monoisotopic (exact) mass is 441 g/mol. The summed E-state index contributed by atoms with van der Waals surface area (Å²) >= 11 is 7.47. The van der Waals surface area contributed by atoms with Crippen LogP contribution in [0, 0.1) is 0 Å². The van der Waals surface area contributed by atoms with Crippen LogP contribution in [0.1, 0.15) is 53.9 Å². The number of carbonyl (C=O) groups is 2. The van der Waals surface area contributed by atoms with Gasteiger partial charge in [-0.25, -0.2) is 9.97 Å². The van der Waals surface area contributed by atoms with E-state index in [0.29, 0.717) is 36.4 Å². The second kappa shape index (κ2) is 10.5. The number of piperazine rings is 1. The molecular formula is C20H32ClN5O2S. The number of hydrogen-bond donors (Lipinski definition) is 1. The molecule has 7 nitrogen and oxygen atoms in total.